The molecule has 0 unspecified atom stereocenters. The SMILES string of the molecule is CN1C(=O)c2[nH]cnc2N2C1=N[C@H]1CCC[C@H]12. The molecule has 1 amide bonds. The molecule has 2 aliphatic heterocycles. The van der Waals surface area contributed by atoms with Gasteiger partial charge in [-0.1, -0.05) is 0 Å². The van der Waals surface area contributed by atoms with E-state index in [9.17, 15) is 4.79 Å². The molecule has 0 bridgehead atoms. The van der Waals surface area contributed by atoms with Crippen LogP contribution in [0.1, 0.15) is 29.8 Å². The van der Waals surface area contributed by atoms with Gasteiger partial charge in [-0.05, 0) is 19.3 Å². The summed E-state index contributed by atoms with van der Waals surface area (Å²) in [4.78, 5) is 27.7. The van der Waals surface area contributed by atoms with Crippen molar-refractivity contribution in [3.63, 3.8) is 0 Å². The lowest BCUT2D eigenvalue weighted by atomic mass is 10.1. The van der Waals surface area contributed by atoms with Crippen molar-refractivity contribution in [1.29, 1.82) is 0 Å². The number of hydrogen-bond donors (Lipinski definition) is 1. The van der Waals surface area contributed by atoms with E-state index in [2.05, 4.69) is 19.9 Å². The molecule has 4 rings (SSSR count). The van der Waals surface area contributed by atoms with Gasteiger partial charge in [-0.25, -0.2) is 9.98 Å². The summed E-state index contributed by atoms with van der Waals surface area (Å²) < 4.78 is 0. The summed E-state index contributed by atoms with van der Waals surface area (Å²) in [6, 6.07) is 0.727. The predicted octanol–water partition coefficient (Wildman–Crippen LogP) is 0.592. The number of imidazole rings is 1. The van der Waals surface area contributed by atoms with Crippen LogP contribution in [-0.4, -0.2) is 45.9 Å². The van der Waals surface area contributed by atoms with E-state index in [1.165, 1.54) is 6.42 Å². The number of aromatic nitrogens is 2. The van der Waals surface area contributed by atoms with Gasteiger partial charge < -0.3 is 4.98 Å². The van der Waals surface area contributed by atoms with Gasteiger partial charge in [0.15, 0.2) is 5.82 Å². The van der Waals surface area contributed by atoms with Crippen LogP contribution in [0.25, 0.3) is 0 Å². The maximum atomic E-state index is 12.1. The molecular formula is C11H13N5O. The van der Waals surface area contributed by atoms with Crippen molar-refractivity contribution in [2.24, 2.45) is 4.99 Å². The Bertz CT molecular complexity index is 534. The summed E-state index contributed by atoms with van der Waals surface area (Å²) in [6.45, 7) is 0. The van der Waals surface area contributed by atoms with Crippen LogP contribution >= 0.6 is 0 Å². The topological polar surface area (TPSA) is 64.6 Å². The molecule has 6 nitrogen and oxygen atoms in total. The Morgan fingerprint density at radius 2 is 2.35 bits per heavy atom. The van der Waals surface area contributed by atoms with Gasteiger partial charge >= 0.3 is 0 Å². The summed E-state index contributed by atoms with van der Waals surface area (Å²) in [5.41, 5.74) is 0.582. The van der Waals surface area contributed by atoms with Crippen molar-refractivity contribution < 1.29 is 4.79 Å². The minimum Gasteiger partial charge on any atom is -0.339 e. The van der Waals surface area contributed by atoms with Crippen molar-refractivity contribution in [2.75, 3.05) is 11.9 Å². The zero-order valence-corrected chi connectivity index (χ0v) is 9.55. The highest BCUT2D eigenvalue weighted by molar-refractivity contribution is 6.18. The van der Waals surface area contributed by atoms with E-state index in [1.807, 2.05) is 0 Å². The van der Waals surface area contributed by atoms with Crippen LogP contribution < -0.4 is 4.90 Å². The number of nitrogens with one attached hydrogen (secondary N) is 1. The van der Waals surface area contributed by atoms with Crippen LogP contribution in [0.3, 0.4) is 0 Å². The number of carbonyl (C=O) groups is 1. The Morgan fingerprint density at radius 3 is 3.24 bits per heavy atom. The van der Waals surface area contributed by atoms with Gasteiger partial charge in [0, 0.05) is 7.05 Å². The Labute approximate surface area is 98.3 Å². The van der Waals surface area contributed by atoms with Crippen LogP contribution in [0, 0.1) is 0 Å². The maximum Gasteiger partial charge on any atom is 0.280 e. The standard InChI is InChI=1S/C11H13N5O/c1-15-10(17)8-9(13-5-12-8)16-7-4-2-3-6(7)14-11(15)16/h5-7H,2-4H2,1H3,(H,12,13)/t6-,7+/m0/s1. The lowest BCUT2D eigenvalue weighted by molar-refractivity contribution is 0.0860. The van der Waals surface area contributed by atoms with E-state index >= 15 is 0 Å². The Morgan fingerprint density at radius 1 is 1.47 bits per heavy atom. The number of aliphatic imine (C=N–C) groups is 1. The van der Waals surface area contributed by atoms with Gasteiger partial charge in [-0.2, -0.15) is 0 Å². The average Bonchev–Trinajstić information content (AvgIpc) is 2.98. The minimum absolute atomic E-state index is 0.0486. The second-order valence-electron chi connectivity index (χ2n) is 4.83. The number of nitrogens with zero attached hydrogens (tertiary/aromatic N) is 4. The van der Waals surface area contributed by atoms with Crippen molar-refractivity contribution in [3.8, 4) is 0 Å². The second-order valence-corrected chi connectivity index (χ2v) is 4.83. The number of aromatic amines is 1. The molecule has 0 spiro atoms. The number of carbonyl (C=O) groups excluding carboxylic acids is 1. The Balaban J connectivity index is 1.91. The highest BCUT2D eigenvalue weighted by Gasteiger charge is 2.47. The third kappa shape index (κ3) is 0.981. The Kier molecular flexibility index (Phi) is 1.56. The normalized spacial score (nSPS) is 30.2. The zero-order valence-electron chi connectivity index (χ0n) is 9.55. The molecule has 88 valence electrons. The number of guanidine groups is 1. The lowest BCUT2D eigenvalue weighted by Gasteiger charge is -2.33. The second kappa shape index (κ2) is 2.88. The number of rotatable bonds is 0. The fourth-order valence-corrected chi connectivity index (χ4v) is 3.12. The minimum atomic E-state index is -0.0486. The number of anilines is 1. The highest BCUT2D eigenvalue weighted by atomic mass is 16.2. The van der Waals surface area contributed by atoms with Crippen molar-refractivity contribution in [1.82, 2.24) is 14.9 Å². The number of amides is 1. The zero-order chi connectivity index (χ0) is 11.6. The molecule has 3 aliphatic rings. The van der Waals surface area contributed by atoms with Gasteiger partial charge in [0.2, 0.25) is 5.96 Å². The van der Waals surface area contributed by atoms with Crippen molar-refractivity contribution in [3.05, 3.63) is 12.0 Å². The first-order chi connectivity index (χ1) is 8.27. The van der Waals surface area contributed by atoms with Crippen LogP contribution in [0.5, 0.6) is 0 Å². The third-order valence-corrected chi connectivity index (χ3v) is 3.94. The molecule has 3 heterocycles. The van der Waals surface area contributed by atoms with Crippen LogP contribution in [0.2, 0.25) is 0 Å². The van der Waals surface area contributed by atoms with Gasteiger partial charge in [-0.3, -0.25) is 14.6 Å². The number of hydrogen-bond acceptors (Lipinski definition) is 4. The van der Waals surface area contributed by atoms with E-state index in [0.717, 1.165) is 24.6 Å². The average molecular weight is 231 g/mol. The van der Waals surface area contributed by atoms with E-state index in [1.54, 1.807) is 18.3 Å². The first-order valence-electron chi connectivity index (χ1n) is 5.96. The molecule has 1 fully saturated rings. The monoisotopic (exact) mass is 231 g/mol. The van der Waals surface area contributed by atoms with Crippen molar-refractivity contribution in [2.45, 2.75) is 31.3 Å². The van der Waals surface area contributed by atoms with Crippen LogP contribution in [0.15, 0.2) is 11.3 Å². The summed E-state index contributed by atoms with van der Waals surface area (Å²) in [7, 11) is 1.78. The first kappa shape index (κ1) is 9.21. The first-order valence-corrected chi connectivity index (χ1v) is 5.96. The molecule has 0 saturated heterocycles. The fourth-order valence-electron chi connectivity index (χ4n) is 3.12. The van der Waals surface area contributed by atoms with Crippen LogP contribution in [0.4, 0.5) is 5.82 Å². The molecule has 1 aromatic heterocycles. The van der Waals surface area contributed by atoms with Gasteiger partial charge in [0.1, 0.15) is 5.69 Å². The quantitative estimate of drug-likeness (QED) is 0.710. The summed E-state index contributed by atoms with van der Waals surface area (Å²) in [6.07, 6.45) is 5.04. The third-order valence-electron chi connectivity index (χ3n) is 3.94. The van der Waals surface area contributed by atoms with Crippen LogP contribution in [-0.2, 0) is 0 Å². The van der Waals surface area contributed by atoms with E-state index < -0.39 is 0 Å². The summed E-state index contributed by atoms with van der Waals surface area (Å²) in [5.74, 6) is 1.47. The summed E-state index contributed by atoms with van der Waals surface area (Å²) in [5, 5.41) is 0. The molecule has 6 heteroatoms. The van der Waals surface area contributed by atoms with E-state index in [0.29, 0.717) is 17.8 Å². The molecule has 1 aliphatic carbocycles. The van der Waals surface area contributed by atoms with Gasteiger partial charge in [-0.15, -0.1) is 0 Å². The summed E-state index contributed by atoms with van der Waals surface area (Å²) >= 11 is 0. The molecule has 2 atom stereocenters. The predicted molar refractivity (Wildman–Crippen MR) is 62.0 cm³/mol. The molecule has 1 saturated carbocycles. The van der Waals surface area contributed by atoms with Gasteiger partial charge in [0.25, 0.3) is 5.91 Å². The van der Waals surface area contributed by atoms with E-state index in [-0.39, 0.29) is 5.91 Å². The fraction of sp³-hybridized carbons (Fsp3) is 0.545. The highest BCUT2D eigenvalue weighted by Crippen LogP contribution is 2.38. The van der Waals surface area contributed by atoms with E-state index in [4.69, 9.17) is 0 Å². The molecule has 0 radical (unpaired) electrons. The van der Waals surface area contributed by atoms with Gasteiger partial charge in [0.05, 0.1) is 18.4 Å². The number of fused-ring (bicyclic) bond motifs is 5. The smallest absolute Gasteiger partial charge is 0.280 e. The lowest BCUT2D eigenvalue weighted by Crippen LogP contribution is -2.51. The maximum absolute atomic E-state index is 12.1. The molecule has 1 N–H and O–H groups in total. The molecular weight excluding hydrogens is 218 g/mol. The molecule has 1 aromatic rings. The largest absolute Gasteiger partial charge is 0.339 e. The van der Waals surface area contributed by atoms with Crippen molar-refractivity contribution >= 4 is 17.7 Å². The Hall–Kier alpha value is -1.85. The number of H-pyrrole nitrogens is 1. The molecule has 0 aromatic carbocycles. The molecule has 17 heavy (non-hydrogen) atoms.